The zero-order valence-corrected chi connectivity index (χ0v) is 11.3. The zero-order chi connectivity index (χ0) is 14.4. The van der Waals surface area contributed by atoms with Gasteiger partial charge < -0.3 is 14.8 Å². The third kappa shape index (κ3) is 3.23. The fourth-order valence-corrected chi connectivity index (χ4v) is 1.71. The molecule has 6 heteroatoms. The second-order valence-electron chi connectivity index (χ2n) is 3.95. The highest BCUT2D eigenvalue weighted by Crippen LogP contribution is 2.21. The van der Waals surface area contributed by atoms with E-state index in [1.807, 2.05) is 6.07 Å². The van der Waals surface area contributed by atoms with Crippen LogP contribution < -0.4 is 10.1 Å². The van der Waals surface area contributed by atoms with Gasteiger partial charge >= 0.3 is 5.97 Å². The smallest absolute Gasteiger partial charge is 0.341 e. The lowest BCUT2D eigenvalue weighted by Gasteiger charge is -2.10. The molecule has 104 valence electrons. The third-order valence-corrected chi connectivity index (χ3v) is 2.69. The van der Waals surface area contributed by atoms with Gasteiger partial charge in [0.2, 0.25) is 5.95 Å². The summed E-state index contributed by atoms with van der Waals surface area (Å²) < 4.78 is 9.87. The summed E-state index contributed by atoms with van der Waals surface area (Å²) in [5.41, 5.74) is 1.29. The molecule has 0 amide bonds. The van der Waals surface area contributed by atoms with E-state index < -0.39 is 5.97 Å². The Morgan fingerprint density at radius 1 is 1.25 bits per heavy atom. The first kappa shape index (κ1) is 13.8. The number of benzene rings is 1. The highest BCUT2D eigenvalue weighted by molar-refractivity contribution is 5.92. The topological polar surface area (TPSA) is 73.3 Å². The largest absolute Gasteiger partial charge is 0.496 e. The predicted octanol–water partition coefficient (Wildman–Crippen LogP) is 1.88. The Balaban J connectivity index is 2.14. The fraction of sp³-hybridized carbons (Fsp3) is 0.214. The number of rotatable bonds is 5. The van der Waals surface area contributed by atoms with E-state index in [0.717, 1.165) is 5.56 Å². The van der Waals surface area contributed by atoms with Gasteiger partial charge in [-0.2, -0.15) is 0 Å². The van der Waals surface area contributed by atoms with E-state index in [9.17, 15) is 4.79 Å². The second kappa shape index (κ2) is 6.51. The first-order valence-electron chi connectivity index (χ1n) is 6.00. The molecule has 1 aromatic carbocycles. The Morgan fingerprint density at radius 2 is 2.00 bits per heavy atom. The van der Waals surface area contributed by atoms with Crippen LogP contribution in [0.15, 0.2) is 36.7 Å². The highest BCUT2D eigenvalue weighted by Gasteiger charge is 2.13. The molecule has 20 heavy (non-hydrogen) atoms. The van der Waals surface area contributed by atoms with Gasteiger partial charge in [0.25, 0.3) is 0 Å². The van der Waals surface area contributed by atoms with E-state index in [-0.39, 0.29) is 0 Å². The monoisotopic (exact) mass is 273 g/mol. The van der Waals surface area contributed by atoms with E-state index >= 15 is 0 Å². The molecule has 0 atom stereocenters. The van der Waals surface area contributed by atoms with Gasteiger partial charge in [-0.05, 0) is 23.8 Å². The molecule has 0 radical (unpaired) electrons. The Hall–Kier alpha value is -2.63. The van der Waals surface area contributed by atoms with Crippen molar-refractivity contribution in [2.45, 2.75) is 6.54 Å². The molecule has 0 aliphatic rings. The Kier molecular flexibility index (Phi) is 4.49. The molecule has 0 fully saturated rings. The van der Waals surface area contributed by atoms with Crippen molar-refractivity contribution in [2.24, 2.45) is 0 Å². The minimum atomic E-state index is -0.431. The molecule has 0 bridgehead atoms. The molecule has 2 rings (SSSR count). The molecule has 0 saturated carbocycles. The number of hydrogen-bond acceptors (Lipinski definition) is 6. The molecule has 2 aromatic rings. The number of anilines is 1. The van der Waals surface area contributed by atoms with E-state index in [2.05, 4.69) is 15.3 Å². The number of hydrogen-bond donors (Lipinski definition) is 1. The van der Waals surface area contributed by atoms with Crippen molar-refractivity contribution in [1.82, 2.24) is 9.97 Å². The Morgan fingerprint density at radius 3 is 2.65 bits per heavy atom. The van der Waals surface area contributed by atoms with Crippen LogP contribution in [0.1, 0.15) is 15.9 Å². The van der Waals surface area contributed by atoms with Crippen LogP contribution in [-0.2, 0) is 11.3 Å². The second-order valence-corrected chi connectivity index (χ2v) is 3.95. The van der Waals surface area contributed by atoms with E-state index in [1.165, 1.54) is 14.2 Å². The van der Waals surface area contributed by atoms with Crippen LogP contribution >= 0.6 is 0 Å². The van der Waals surface area contributed by atoms with Gasteiger partial charge in [-0.25, -0.2) is 14.8 Å². The lowest BCUT2D eigenvalue weighted by Crippen LogP contribution is -2.07. The lowest BCUT2D eigenvalue weighted by atomic mass is 10.1. The summed E-state index contributed by atoms with van der Waals surface area (Å²) >= 11 is 0. The molecule has 0 aliphatic carbocycles. The molecule has 1 aromatic heterocycles. The van der Waals surface area contributed by atoms with Crippen molar-refractivity contribution in [3.63, 3.8) is 0 Å². The van der Waals surface area contributed by atoms with E-state index in [0.29, 0.717) is 23.8 Å². The number of nitrogens with zero attached hydrogens (tertiary/aromatic N) is 2. The minimum Gasteiger partial charge on any atom is -0.496 e. The maximum absolute atomic E-state index is 11.7. The van der Waals surface area contributed by atoms with Gasteiger partial charge in [-0.3, -0.25) is 0 Å². The number of methoxy groups -OCH3 is 2. The minimum absolute atomic E-state index is 0.392. The lowest BCUT2D eigenvalue weighted by molar-refractivity contribution is 0.0597. The maximum Gasteiger partial charge on any atom is 0.341 e. The molecule has 1 N–H and O–H groups in total. The van der Waals surface area contributed by atoms with E-state index in [1.54, 1.807) is 30.6 Å². The molecule has 0 spiro atoms. The van der Waals surface area contributed by atoms with Crippen molar-refractivity contribution in [2.75, 3.05) is 19.5 Å². The molecule has 1 heterocycles. The summed E-state index contributed by atoms with van der Waals surface area (Å²) in [7, 11) is 2.85. The number of carbonyl (C=O) groups is 1. The van der Waals surface area contributed by atoms with Crippen LogP contribution in [0.2, 0.25) is 0 Å². The summed E-state index contributed by atoms with van der Waals surface area (Å²) in [6.45, 7) is 0.498. The summed E-state index contributed by atoms with van der Waals surface area (Å²) in [5, 5.41) is 3.07. The zero-order valence-electron chi connectivity index (χ0n) is 11.3. The average Bonchev–Trinajstić information content (AvgIpc) is 2.52. The standard InChI is InChI=1S/C14H15N3O3/c1-19-12-5-4-10(8-11(12)13(18)20-2)9-17-14-15-6-3-7-16-14/h3-8H,9H2,1-2H3,(H,15,16,17). The van der Waals surface area contributed by atoms with Gasteiger partial charge in [0.05, 0.1) is 14.2 Å². The van der Waals surface area contributed by atoms with Gasteiger partial charge in [0.1, 0.15) is 11.3 Å². The van der Waals surface area contributed by atoms with Crippen molar-refractivity contribution in [1.29, 1.82) is 0 Å². The Labute approximate surface area is 116 Å². The number of aromatic nitrogens is 2. The molecule has 0 saturated heterocycles. The Bertz CT molecular complexity index is 587. The average molecular weight is 273 g/mol. The summed E-state index contributed by atoms with van der Waals surface area (Å²) in [5.74, 6) is 0.583. The molecular weight excluding hydrogens is 258 g/mol. The van der Waals surface area contributed by atoms with Crippen molar-refractivity contribution < 1.29 is 14.3 Å². The number of nitrogens with one attached hydrogen (secondary N) is 1. The first-order chi connectivity index (χ1) is 9.74. The van der Waals surface area contributed by atoms with Crippen molar-refractivity contribution in [3.8, 4) is 5.75 Å². The van der Waals surface area contributed by atoms with E-state index in [4.69, 9.17) is 9.47 Å². The summed E-state index contributed by atoms with van der Waals surface area (Å²) in [6.07, 6.45) is 3.31. The van der Waals surface area contributed by atoms with Crippen LogP contribution in [0.25, 0.3) is 0 Å². The van der Waals surface area contributed by atoms with Gasteiger partial charge in [0.15, 0.2) is 0 Å². The summed E-state index contributed by atoms with van der Waals surface area (Å²) in [6, 6.07) is 7.06. The van der Waals surface area contributed by atoms with Crippen LogP contribution in [0.5, 0.6) is 5.75 Å². The van der Waals surface area contributed by atoms with Crippen molar-refractivity contribution in [3.05, 3.63) is 47.8 Å². The highest BCUT2D eigenvalue weighted by atomic mass is 16.5. The van der Waals surface area contributed by atoms with Crippen LogP contribution in [0.3, 0.4) is 0 Å². The fourth-order valence-electron chi connectivity index (χ4n) is 1.71. The maximum atomic E-state index is 11.7. The SMILES string of the molecule is COC(=O)c1cc(CNc2ncccn2)ccc1OC. The predicted molar refractivity (Wildman–Crippen MR) is 73.7 cm³/mol. The third-order valence-electron chi connectivity index (χ3n) is 2.69. The van der Waals surface area contributed by atoms with Gasteiger partial charge in [0, 0.05) is 18.9 Å². The van der Waals surface area contributed by atoms with Gasteiger partial charge in [-0.1, -0.05) is 6.07 Å². The number of ether oxygens (including phenoxy) is 2. The first-order valence-corrected chi connectivity index (χ1v) is 6.00. The number of carbonyl (C=O) groups excluding carboxylic acids is 1. The van der Waals surface area contributed by atoms with Crippen molar-refractivity contribution >= 4 is 11.9 Å². The normalized spacial score (nSPS) is 9.90. The quantitative estimate of drug-likeness (QED) is 0.838. The van der Waals surface area contributed by atoms with Crippen LogP contribution in [0, 0.1) is 0 Å². The molecule has 6 nitrogen and oxygen atoms in total. The summed E-state index contributed by atoms with van der Waals surface area (Å²) in [4.78, 5) is 19.8. The number of esters is 1. The van der Waals surface area contributed by atoms with Gasteiger partial charge in [-0.15, -0.1) is 0 Å². The molecule has 0 aliphatic heterocycles. The molecule has 0 unspecified atom stereocenters. The molecular formula is C14H15N3O3. The van der Waals surface area contributed by atoms with Crippen LogP contribution in [-0.4, -0.2) is 30.2 Å². The van der Waals surface area contributed by atoms with Crippen LogP contribution in [0.4, 0.5) is 5.95 Å².